The molecule has 3 aromatic rings. The van der Waals surface area contributed by atoms with Gasteiger partial charge in [0.05, 0.1) is 5.69 Å². The second kappa shape index (κ2) is 4.27. The number of H-pyrrole nitrogens is 1. The molecule has 2 aromatic carbocycles. The first-order valence-electron chi connectivity index (χ1n) is 6.73. The van der Waals surface area contributed by atoms with E-state index in [1.165, 1.54) is 27.6 Å². The van der Waals surface area contributed by atoms with Gasteiger partial charge in [-0.05, 0) is 21.9 Å². The molecule has 0 atom stereocenters. The van der Waals surface area contributed by atoms with Crippen LogP contribution in [0.5, 0.6) is 0 Å². The molecular weight excluding hydrogens is 230 g/mol. The first-order valence-corrected chi connectivity index (χ1v) is 6.73. The van der Waals surface area contributed by atoms with E-state index in [9.17, 15) is 0 Å². The second-order valence-corrected chi connectivity index (χ2v) is 6.08. The van der Waals surface area contributed by atoms with Crippen LogP contribution in [0, 0.1) is 0 Å². The van der Waals surface area contributed by atoms with Crippen molar-refractivity contribution in [2.24, 2.45) is 0 Å². The molecule has 96 valence electrons. The Bertz CT molecular complexity index is 696. The summed E-state index contributed by atoms with van der Waals surface area (Å²) in [7, 11) is 0. The molecule has 0 aliphatic carbocycles. The van der Waals surface area contributed by atoms with Crippen molar-refractivity contribution in [2.45, 2.75) is 26.2 Å². The van der Waals surface area contributed by atoms with Crippen molar-refractivity contribution >= 4 is 10.8 Å². The average molecular weight is 249 g/mol. The maximum atomic E-state index is 3.39. The highest BCUT2D eigenvalue weighted by molar-refractivity contribution is 5.95. The minimum Gasteiger partial charge on any atom is -0.360 e. The van der Waals surface area contributed by atoms with Crippen LogP contribution in [0.3, 0.4) is 0 Å². The quantitative estimate of drug-likeness (QED) is 0.615. The third-order valence-electron chi connectivity index (χ3n) is 3.64. The van der Waals surface area contributed by atoms with Crippen LogP contribution in [0.4, 0.5) is 0 Å². The minimum absolute atomic E-state index is 0.205. The van der Waals surface area contributed by atoms with Crippen molar-refractivity contribution in [3.63, 3.8) is 0 Å². The van der Waals surface area contributed by atoms with E-state index < -0.39 is 0 Å². The van der Waals surface area contributed by atoms with E-state index in [0.29, 0.717) is 0 Å². The summed E-state index contributed by atoms with van der Waals surface area (Å²) in [6, 6.07) is 17.3. The van der Waals surface area contributed by atoms with E-state index >= 15 is 0 Å². The molecule has 1 heterocycles. The third kappa shape index (κ3) is 2.17. The molecule has 0 saturated carbocycles. The fraction of sp³-hybridized carbons (Fsp3) is 0.222. The van der Waals surface area contributed by atoms with Gasteiger partial charge in [0.15, 0.2) is 0 Å². The lowest BCUT2D eigenvalue weighted by molar-refractivity contribution is 0.590. The van der Waals surface area contributed by atoms with Crippen LogP contribution in [0.1, 0.15) is 26.3 Å². The lowest BCUT2D eigenvalue weighted by Crippen LogP contribution is -2.10. The Labute approximate surface area is 114 Å². The summed E-state index contributed by atoms with van der Waals surface area (Å²) in [4.78, 5) is 3.39. The number of fused-ring (bicyclic) bond motifs is 1. The Morgan fingerprint density at radius 1 is 0.842 bits per heavy atom. The van der Waals surface area contributed by atoms with Gasteiger partial charge in [0, 0.05) is 11.6 Å². The van der Waals surface area contributed by atoms with E-state index in [2.05, 4.69) is 80.5 Å². The van der Waals surface area contributed by atoms with Crippen molar-refractivity contribution in [1.82, 2.24) is 4.98 Å². The molecule has 0 aliphatic rings. The molecule has 1 N–H and O–H groups in total. The number of rotatable bonds is 1. The topological polar surface area (TPSA) is 15.8 Å². The van der Waals surface area contributed by atoms with Gasteiger partial charge in [-0.15, -0.1) is 0 Å². The second-order valence-electron chi connectivity index (χ2n) is 6.08. The Morgan fingerprint density at radius 3 is 2.21 bits per heavy atom. The zero-order valence-corrected chi connectivity index (χ0v) is 11.7. The predicted molar refractivity (Wildman–Crippen MR) is 82.4 cm³/mol. The van der Waals surface area contributed by atoms with Gasteiger partial charge in [-0.3, -0.25) is 0 Å². The number of hydrogen-bond acceptors (Lipinski definition) is 0. The lowest BCUT2D eigenvalue weighted by atomic mass is 9.86. The number of nitrogens with one attached hydrogen (secondary N) is 1. The Balaban J connectivity index is 2.07. The SMILES string of the molecule is CC(C)(C)c1ccc(-c2[nH]cc3ccccc23)cc1. The molecule has 19 heavy (non-hydrogen) atoms. The molecule has 0 unspecified atom stereocenters. The highest BCUT2D eigenvalue weighted by atomic mass is 14.7. The summed E-state index contributed by atoms with van der Waals surface area (Å²) in [5, 5.41) is 2.54. The molecule has 0 radical (unpaired) electrons. The van der Waals surface area contributed by atoms with Gasteiger partial charge >= 0.3 is 0 Å². The molecule has 0 saturated heterocycles. The summed E-state index contributed by atoms with van der Waals surface area (Å²) >= 11 is 0. The van der Waals surface area contributed by atoms with E-state index in [-0.39, 0.29) is 5.41 Å². The van der Waals surface area contributed by atoms with Gasteiger partial charge in [0.25, 0.3) is 0 Å². The normalized spacial score (nSPS) is 11.9. The number of hydrogen-bond donors (Lipinski definition) is 1. The van der Waals surface area contributed by atoms with Crippen LogP contribution < -0.4 is 0 Å². The monoisotopic (exact) mass is 249 g/mol. The fourth-order valence-electron chi connectivity index (χ4n) is 2.45. The largest absolute Gasteiger partial charge is 0.360 e. The predicted octanol–water partition coefficient (Wildman–Crippen LogP) is 5.13. The van der Waals surface area contributed by atoms with Crippen molar-refractivity contribution in [3.8, 4) is 11.3 Å². The summed E-state index contributed by atoms with van der Waals surface area (Å²) < 4.78 is 0. The zero-order valence-electron chi connectivity index (χ0n) is 11.7. The maximum Gasteiger partial charge on any atom is 0.0533 e. The van der Waals surface area contributed by atoms with Crippen LogP contribution in [0.25, 0.3) is 22.0 Å². The Morgan fingerprint density at radius 2 is 1.53 bits per heavy atom. The Kier molecular flexibility index (Phi) is 2.70. The van der Waals surface area contributed by atoms with Crippen LogP contribution in [-0.4, -0.2) is 4.98 Å². The molecule has 1 heteroatoms. The standard InChI is InChI=1S/C18H19N/c1-18(2,3)15-10-8-13(9-11-15)17-16-7-5-4-6-14(16)12-19-17/h4-12,19H,1-3H3. The smallest absolute Gasteiger partial charge is 0.0533 e. The lowest BCUT2D eigenvalue weighted by Gasteiger charge is -2.19. The highest BCUT2D eigenvalue weighted by Crippen LogP contribution is 2.30. The zero-order chi connectivity index (χ0) is 13.5. The van der Waals surface area contributed by atoms with Crippen molar-refractivity contribution in [3.05, 3.63) is 60.3 Å². The Hall–Kier alpha value is -2.02. The van der Waals surface area contributed by atoms with Crippen molar-refractivity contribution in [2.75, 3.05) is 0 Å². The molecular formula is C18H19N. The van der Waals surface area contributed by atoms with Crippen LogP contribution in [0.2, 0.25) is 0 Å². The number of aromatic amines is 1. The fourth-order valence-corrected chi connectivity index (χ4v) is 2.45. The first kappa shape index (κ1) is 12.0. The van der Waals surface area contributed by atoms with E-state index in [4.69, 9.17) is 0 Å². The van der Waals surface area contributed by atoms with E-state index in [0.717, 1.165) is 0 Å². The molecule has 0 fully saturated rings. The summed E-state index contributed by atoms with van der Waals surface area (Å²) in [5.41, 5.74) is 4.02. The van der Waals surface area contributed by atoms with Gasteiger partial charge in [0.2, 0.25) is 0 Å². The highest BCUT2D eigenvalue weighted by Gasteiger charge is 2.13. The maximum absolute atomic E-state index is 3.39. The van der Waals surface area contributed by atoms with Crippen LogP contribution in [-0.2, 0) is 5.41 Å². The van der Waals surface area contributed by atoms with Gasteiger partial charge in [-0.2, -0.15) is 0 Å². The molecule has 1 nitrogen and oxygen atoms in total. The summed E-state index contributed by atoms with van der Waals surface area (Å²) in [5.74, 6) is 0. The first-order chi connectivity index (χ1) is 9.05. The van der Waals surface area contributed by atoms with E-state index in [1.807, 2.05) is 0 Å². The van der Waals surface area contributed by atoms with Crippen LogP contribution >= 0.6 is 0 Å². The van der Waals surface area contributed by atoms with E-state index in [1.54, 1.807) is 0 Å². The average Bonchev–Trinajstić information content (AvgIpc) is 2.82. The molecule has 3 rings (SSSR count). The number of benzene rings is 2. The molecule has 1 aromatic heterocycles. The molecule has 0 aliphatic heterocycles. The minimum atomic E-state index is 0.205. The summed E-state index contributed by atoms with van der Waals surface area (Å²) in [6.07, 6.45) is 2.07. The molecule has 0 bridgehead atoms. The van der Waals surface area contributed by atoms with Gasteiger partial charge < -0.3 is 4.98 Å². The van der Waals surface area contributed by atoms with Crippen molar-refractivity contribution in [1.29, 1.82) is 0 Å². The van der Waals surface area contributed by atoms with Crippen molar-refractivity contribution < 1.29 is 0 Å². The summed E-state index contributed by atoms with van der Waals surface area (Å²) in [6.45, 7) is 6.73. The molecule has 0 spiro atoms. The molecule has 0 amide bonds. The number of aromatic nitrogens is 1. The van der Waals surface area contributed by atoms with Gasteiger partial charge in [-0.1, -0.05) is 69.3 Å². The van der Waals surface area contributed by atoms with Gasteiger partial charge in [-0.25, -0.2) is 0 Å². The van der Waals surface area contributed by atoms with Crippen LogP contribution in [0.15, 0.2) is 54.7 Å². The third-order valence-corrected chi connectivity index (χ3v) is 3.64. The van der Waals surface area contributed by atoms with Gasteiger partial charge in [0.1, 0.15) is 0 Å².